The number of carbonyl (C=O) groups excluding carboxylic acids is 1. The summed E-state index contributed by atoms with van der Waals surface area (Å²) in [4.78, 5) is 38.0. The maximum atomic E-state index is 13.5. The minimum Gasteiger partial charge on any atom is -0.353 e. The van der Waals surface area contributed by atoms with Crippen molar-refractivity contribution in [3.05, 3.63) is 81.1 Å². The van der Waals surface area contributed by atoms with Crippen molar-refractivity contribution < 1.29 is 4.79 Å². The molecule has 9 heteroatoms. The molecule has 1 aromatic carbocycles. The number of rotatable bonds is 5. The molecule has 7 nitrogen and oxygen atoms in total. The van der Waals surface area contributed by atoms with Crippen LogP contribution in [0.15, 0.2) is 64.4 Å². The highest BCUT2D eigenvalue weighted by Crippen LogP contribution is 2.33. The zero-order valence-electron chi connectivity index (χ0n) is 18.9. The number of amides is 1. The first-order chi connectivity index (χ1) is 16.5. The number of hydrogen-bond acceptors (Lipinski definition) is 7. The number of anilines is 1. The zero-order valence-corrected chi connectivity index (χ0v) is 20.5. The Morgan fingerprint density at radius 1 is 1.03 bits per heavy atom. The summed E-state index contributed by atoms with van der Waals surface area (Å²) in [6, 6.07) is 15.5. The van der Waals surface area contributed by atoms with Crippen molar-refractivity contribution in [3.8, 4) is 0 Å². The predicted octanol–water partition coefficient (Wildman–Crippen LogP) is 2.89. The second-order valence-corrected chi connectivity index (χ2v) is 10.1. The Morgan fingerprint density at radius 3 is 2.53 bits per heavy atom. The molecule has 2 aromatic heterocycles. The maximum absolute atomic E-state index is 13.5. The van der Waals surface area contributed by atoms with E-state index in [2.05, 4.69) is 16.8 Å². The van der Waals surface area contributed by atoms with Crippen molar-refractivity contribution in [1.29, 1.82) is 0 Å². The van der Waals surface area contributed by atoms with Crippen LogP contribution < -0.4 is 10.5 Å². The Morgan fingerprint density at radius 2 is 1.76 bits per heavy atom. The van der Waals surface area contributed by atoms with Gasteiger partial charge in [-0.15, -0.1) is 0 Å². The van der Waals surface area contributed by atoms with Crippen molar-refractivity contribution in [3.63, 3.8) is 0 Å². The standard InChI is InChI=1S/C25H25N5O2S2/c1-27-13-15-28(16-14-27)22-19(23(31)29-11-6-5-9-21(29)26-22)17-20-24(32)30(25(33)34-20)12-10-18-7-3-2-4-8-18/h2-9,11,17H,10,12-16H2,1H3. The number of pyridine rings is 1. The summed E-state index contributed by atoms with van der Waals surface area (Å²) >= 11 is 6.77. The molecule has 0 aliphatic carbocycles. The smallest absolute Gasteiger partial charge is 0.267 e. The van der Waals surface area contributed by atoms with Crippen molar-refractivity contribution in [2.24, 2.45) is 0 Å². The quantitative estimate of drug-likeness (QED) is 0.402. The van der Waals surface area contributed by atoms with E-state index in [-0.39, 0.29) is 11.5 Å². The summed E-state index contributed by atoms with van der Waals surface area (Å²) in [6.45, 7) is 3.82. The molecule has 0 atom stereocenters. The molecule has 2 aliphatic rings. The molecule has 2 fully saturated rings. The van der Waals surface area contributed by atoms with Gasteiger partial charge in [0, 0.05) is 38.9 Å². The van der Waals surface area contributed by atoms with Crippen molar-refractivity contribution in [2.45, 2.75) is 6.42 Å². The third-order valence-electron chi connectivity index (χ3n) is 6.17. The fourth-order valence-corrected chi connectivity index (χ4v) is 5.48. The van der Waals surface area contributed by atoms with Crippen LogP contribution in [0.25, 0.3) is 11.7 Å². The van der Waals surface area contributed by atoms with Crippen molar-refractivity contribution >= 4 is 51.7 Å². The molecule has 0 spiro atoms. The van der Waals surface area contributed by atoms with E-state index in [1.165, 1.54) is 16.2 Å². The molecular weight excluding hydrogens is 466 g/mol. The highest BCUT2D eigenvalue weighted by molar-refractivity contribution is 8.26. The molecule has 3 aromatic rings. The first-order valence-corrected chi connectivity index (χ1v) is 12.5. The number of nitrogens with zero attached hydrogens (tertiary/aromatic N) is 5. The Hall–Kier alpha value is -3.01. The van der Waals surface area contributed by atoms with Crippen LogP contribution in [0.2, 0.25) is 0 Å². The molecule has 1 amide bonds. The average molecular weight is 492 g/mol. The summed E-state index contributed by atoms with van der Waals surface area (Å²) < 4.78 is 2.05. The molecule has 2 saturated heterocycles. The van der Waals surface area contributed by atoms with Crippen LogP contribution >= 0.6 is 24.0 Å². The molecule has 5 rings (SSSR count). The molecule has 0 radical (unpaired) electrons. The monoisotopic (exact) mass is 491 g/mol. The summed E-state index contributed by atoms with van der Waals surface area (Å²) in [5, 5.41) is 0. The number of likely N-dealkylation sites (N-methyl/N-ethyl adjacent to an activating group) is 1. The van der Waals surface area contributed by atoms with E-state index in [4.69, 9.17) is 17.2 Å². The average Bonchev–Trinajstić information content (AvgIpc) is 3.12. The number of thioether (sulfide) groups is 1. The lowest BCUT2D eigenvalue weighted by Crippen LogP contribution is -2.45. The van der Waals surface area contributed by atoms with Gasteiger partial charge in [-0.05, 0) is 37.2 Å². The third kappa shape index (κ3) is 4.51. The van der Waals surface area contributed by atoms with Gasteiger partial charge in [0.1, 0.15) is 15.8 Å². The minimum absolute atomic E-state index is 0.159. The molecule has 0 N–H and O–H groups in total. The summed E-state index contributed by atoms with van der Waals surface area (Å²) in [7, 11) is 2.09. The topological polar surface area (TPSA) is 61.2 Å². The second kappa shape index (κ2) is 9.69. The fourth-order valence-electron chi connectivity index (χ4n) is 4.19. The van der Waals surface area contributed by atoms with E-state index in [1.54, 1.807) is 23.2 Å². The van der Waals surface area contributed by atoms with Gasteiger partial charge < -0.3 is 9.80 Å². The number of aromatic nitrogens is 2. The van der Waals surface area contributed by atoms with Crippen LogP contribution in [0.3, 0.4) is 0 Å². The van der Waals surface area contributed by atoms with Crippen LogP contribution in [0.1, 0.15) is 11.1 Å². The largest absolute Gasteiger partial charge is 0.353 e. The molecule has 0 unspecified atom stereocenters. The Kier molecular flexibility index (Phi) is 6.49. The summed E-state index contributed by atoms with van der Waals surface area (Å²) in [5.74, 6) is 0.465. The Labute approximate surface area is 207 Å². The lowest BCUT2D eigenvalue weighted by Gasteiger charge is -2.34. The molecule has 4 heterocycles. The lowest BCUT2D eigenvalue weighted by atomic mass is 10.1. The first kappa shape index (κ1) is 22.8. The van der Waals surface area contributed by atoms with Gasteiger partial charge in [0.2, 0.25) is 0 Å². The van der Waals surface area contributed by atoms with Gasteiger partial charge in [-0.3, -0.25) is 18.9 Å². The van der Waals surface area contributed by atoms with E-state index in [0.29, 0.717) is 39.2 Å². The fraction of sp³-hybridized carbons (Fsp3) is 0.280. The van der Waals surface area contributed by atoms with Crippen molar-refractivity contribution in [1.82, 2.24) is 19.2 Å². The van der Waals surface area contributed by atoms with E-state index in [1.807, 2.05) is 42.5 Å². The number of carbonyl (C=O) groups is 1. The highest BCUT2D eigenvalue weighted by atomic mass is 32.2. The first-order valence-electron chi connectivity index (χ1n) is 11.3. The van der Waals surface area contributed by atoms with E-state index < -0.39 is 0 Å². The van der Waals surface area contributed by atoms with Crippen LogP contribution in [0, 0.1) is 0 Å². The van der Waals surface area contributed by atoms with Crippen LogP contribution in [0.5, 0.6) is 0 Å². The van der Waals surface area contributed by atoms with Crippen LogP contribution in [-0.4, -0.2) is 69.2 Å². The van der Waals surface area contributed by atoms with Gasteiger partial charge in [-0.2, -0.15) is 0 Å². The Balaban J connectivity index is 1.49. The van der Waals surface area contributed by atoms with Gasteiger partial charge in [0.25, 0.3) is 11.5 Å². The van der Waals surface area contributed by atoms with Crippen LogP contribution in [0.4, 0.5) is 5.82 Å². The number of fused-ring (bicyclic) bond motifs is 1. The minimum atomic E-state index is -0.186. The molecular formula is C25H25N5O2S2. The van der Waals surface area contributed by atoms with Gasteiger partial charge in [-0.1, -0.05) is 60.4 Å². The summed E-state index contributed by atoms with van der Waals surface area (Å²) in [6.07, 6.45) is 4.11. The highest BCUT2D eigenvalue weighted by Gasteiger charge is 2.33. The molecule has 34 heavy (non-hydrogen) atoms. The normalized spacial score (nSPS) is 18.4. The number of hydrogen-bond donors (Lipinski definition) is 0. The number of thiocarbonyl (C=S) groups is 1. The summed E-state index contributed by atoms with van der Waals surface area (Å²) in [5.41, 5.74) is 1.98. The van der Waals surface area contributed by atoms with E-state index in [9.17, 15) is 9.59 Å². The molecule has 2 aliphatic heterocycles. The Bertz CT molecular complexity index is 1330. The zero-order chi connectivity index (χ0) is 23.7. The predicted molar refractivity (Wildman–Crippen MR) is 141 cm³/mol. The van der Waals surface area contributed by atoms with Crippen LogP contribution in [-0.2, 0) is 11.2 Å². The molecule has 174 valence electrons. The van der Waals surface area contributed by atoms with Gasteiger partial charge in [0.05, 0.1) is 10.5 Å². The van der Waals surface area contributed by atoms with E-state index in [0.717, 1.165) is 31.7 Å². The second-order valence-electron chi connectivity index (χ2n) is 8.44. The third-order valence-corrected chi connectivity index (χ3v) is 7.55. The molecule has 0 bridgehead atoms. The van der Waals surface area contributed by atoms with Crippen molar-refractivity contribution in [2.75, 3.05) is 44.7 Å². The molecule has 0 saturated carbocycles. The van der Waals surface area contributed by atoms with Gasteiger partial charge >= 0.3 is 0 Å². The van der Waals surface area contributed by atoms with E-state index >= 15 is 0 Å². The van der Waals surface area contributed by atoms with Gasteiger partial charge in [-0.25, -0.2) is 4.98 Å². The SMILES string of the molecule is CN1CCN(c2nc3ccccn3c(=O)c2C=C2SC(=S)N(CCc3ccccc3)C2=O)CC1. The number of piperazine rings is 1. The van der Waals surface area contributed by atoms with Gasteiger partial charge in [0.15, 0.2) is 0 Å². The number of benzene rings is 1. The maximum Gasteiger partial charge on any atom is 0.267 e. The lowest BCUT2D eigenvalue weighted by molar-refractivity contribution is -0.122.